The Bertz CT molecular complexity index is 1020. The third-order valence-electron chi connectivity index (χ3n) is 4.04. The van der Waals surface area contributed by atoms with Gasteiger partial charge in [0.2, 0.25) is 11.8 Å². The van der Waals surface area contributed by atoms with Crippen LogP contribution >= 0.6 is 11.6 Å². The van der Waals surface area contributed by atoms with Gasteiger partial charge >= 0.3 is 0 Å². The fraction of sp³-hybridized carbons (Fsp3) is 0.176. The number of carbonyl (C=O) groups excluding carboxylic acids is 2. The molecule has 0 saturated heterocycles. The maximum Gasteiger partial charge on any atom is 0.264 e. The van der Waals surface area contributed by atoms with Crippen LogP contribution < -0.4 is 14.9 Å². The summed E-state index contributed by atoms with van der Waals surface area (Å²) in [7, 11) is -2.47. The summed E-state index contributed by atoms with van der Waals surface area (Å²) in [4.78, 5) is 23.3. The Kier molecular flexibility index (Phi) is 4.64. The van der Waals surface area contributed by atoms with Gasteiger partial charge < -0.3 is 10.6 Å². The number of carbonyl (C=O) groups is 2. The van der Waals surface area contributed by atoms with Gasteiger partial charge in [-0.3, -0.25) is 13.9 Å². The fourth-order valence-electron chi connectivity index (χ4n) is 2.51. The number of amides is 2. The molecule has 1 heterocycles. The maximum atomic E-state index is 12.9. The average Bonchev–Trinajstić information content (AvgIpc) is 2.72. The molecule has 7 nitrogen and oxygen atoms in total. The van der Waals surface area contributed by atoms with Crippen LogP contribution in [0, 0.1) is 6.92 Å². The molecule has 3 rings (SSSR count). The quantitative estimate of drug-likeness (QED) is 0.784. The number of rotatable bonds is 3. The minimum Gasteiger partial charge on any atom is -0.324 e. The highest BCUT2D eigenvalue weighted by Gasteiger charge is 2.25. The van der Waals surface area contributed by atoms with Crippen molar-refractivity contribution in [1.82, 2.24) is 0 Å². The molecule has 0 aromatic heterocycles. The Labute approximate surface area is 156 Å². The molecule has 2 amide bonds. The monoisotopic (exact) mass is 393 g/mol. The van der Waals surface area contributed by atoms with E-state index in [1.165, 1.54) is 25.2 Å². The summed E-state index contributed by atoms with van der Waals surface area (Å²) in [6.07, 6.45) is -0.321. The number of sulfonamides is 1. The molecule has 136 valence electrons. The maximum absolute atomic E-state index is 12.9. The van der Waals surface area contributed by atoms with Crippen molar-refractivity contribution >= 4 is 50.5 Å². The van der Waals surface area contributed by atoms with Crippen molar-refractivity contribution in [3.8, 4) is 0 Å². The van der Waals surface area contributed by atoms with Crippen molar-refractivity contribution in [1.29, 1.82) is 0 Å². The van der Waals surface area contributed by atoms with Crippen molar-refractivity contribution in [2.24, 2.45) is 0 Å². The second kappa shape index (κ2) is 6.62. The average molecular weight is 394 g/mol. The number of aryl methyl sites for hydroxylation is 1. The summed E-state index contributed by atoms with van der Waals surface area (Å²) in [5.74, 6) is -0.960. The minimum atomic E-state index is -3.89. The zero-order valence-corrected chi connectivity index (χ0v) is 15.6. The number of nitrogens with one attached hydrogen (secondary N) is 2. The summed E-state index contributed by atoms with van der Waals surface area (Å²) in [6.45, 7) is 1.82. The lowest BCUT2D eigenvalue weighted by molar-refractivity contribution is -0.123. The summed E-state index contributed by atoms with van der Waals surface area (Å²) >= 11 is 6.09. The van der Waals surface area contributed by atoms with Crippen LogP contribution in [0.2, 0.25) is 5.02 Å². The number of fused-ring (bicyclic) bond motifs is 1. The van der Waals surface area contributed by atoms with Gasteiger partial charge in [0.1, 0.15) is 6.42 Å². The van der Waals surface area contributed by atoms with Crippen molar-refractivity contribution < 1.29 is 18.0 Å². The van der Waals surface area contributed by atoms with Crippen LogP contribution in [0.15, 0.2) is 41.3 Å². The predicted octanol–water partition coefficient (Wildman–Crippen LogP) is 2.75. The Morgan fingerprint density at radius 2 is 1.65 bits per heavy atom. The summed E-state index contributed by atoms with van der Waals surface area (Å²) in [5.41, 5.74) is 1.83. The zero-order chi connectivity index (χ0) is 19.1. The van der Waals surface area contributed by atoms with Crippen molar-refractivity contribution in [2.75, 3.05) is 22.0 Å². The van der Waals surface area contributed by atoms with Crippen LogP contribution in [-0.4, -0.2) is 27.3 Å². The molecule has 2 aromatic carbocycles. The lowest BCUT2D eigenvalue weighted by Gasteiger charge is -2.21. The van der Waals surface area contributed by atoms with E-state index in [1.54, 1.807) is 18.2 Å². The SMILES string of the molecule is Cc1ccc(N(C)S(=O)(=O)c2ccc3c(c2)NC(=O)CC(=O)N3)cc1Cl. The standard InChI is InChI=1S/C17H16ClN3O4S/c1-10-3-4-11(7-13(10)18)21(2)26(24,25)12-5-6-14-15(8-12)20-17(23)9-16(22)19-14/h3-8H,9H2,1-2H3,(H,19,22)(H,20,23). The smallest absolute Gasteiger partial charge is 0.264 e. The van der Waals surface area contributed by atoms with E-state index in [4.69, 9.17) is 11.6 Å². The molecule has 9 heteroatoms. The zero-order valence-electron chi connectivity index (χ0n) is 14.0. The molecule has 0 fully saturated rings. The predicted molar refractivity (Wildman–Crippen MR) is 100 cm³/mol. The van der Waals surface area contributed by atoms with Crippen LogP contribution in [-0.2, 0) is 19.6 Å². The van der Waals surface area contributed by atoms with Gasteiger partial charge in [-0.1, -0.05) is 17.7 Å². The molecule has 0 atom stereocenters. The highest BCUT2D eigenvalue weighted by molar-refractivity contribution is 7.92. The van der Waals surface area contributed by atoms with E-state index in [0.29, 0.717) is 16.4 Å². The van der Waals surface area contributed by atoms with E-state index in [1.807, 2.05) is 6.92 Å². The summed E-state index contributed by atoms with van der Waals surface area (Å²) in [6, 6.07) is 9.10. The molecule has 1 aliphatic heterocycles. The summed E-state index contributed by atoms with van der Waals surface area (Å²) in [5, 5.41) is 5.55. The summed E-state index contributed by atoms with van der Waals surface area (Å²) < 4.78 is 27.0. The first-order chi connectivity index (χ1) is 12.2. The van der Waals surface area contributed by atoms with Crippen molar-refractivity contribution in [2.45, 2.75) is 18.2 Å². The number of anilines is 3. The highest BCUT2D eigenvalue weighted by Crippen LogP contribution is 2.31. The molecular formula is C17H16ClN3O4S. The molecule has 1 aliphatic rings. The number of nitrogens with zero attached hydrogens (tertiary/aromatic N) is 1. The molecule has 0 saturated carbocycles. The fourth-order valence-corrected chi connectivity index (χ4v) is 3.89. The number of hydrogen-bond acceptors (Lipinski definition) is 4. The van der Waals surface area contributed by atoms with E-state index < -0.39 is 21.8 Å². The Hall–Kier alpha value is -2.58. The third kappa shape index (κ3) is 3.38. The Morgan fingerprint density at radius 1 is 1.00 bits per heavy atom. The molecular weight excluding hydrogens is 378 g/mol. The number of halogens is 1. The van der Waals surface area contributed by atoms with Crippen molar-refractivity contribution in [3.05, 3.63) is 47.0 Å². The second-order valence-electron chi connectivity index (χ2n) is 5.89. The molecule has 0 unspecified atom stereocenters. The Balaban J connectivity index is 2.00. The highest BCUT2D eigenvalue weighted by atomic mass is 35.5. The first kappa shape index (κ1) is 18.2. The molecule has 0 spiro atoms. The van der Waals surface area contributed by atoms with Gasteiger partial charge in [0.05, 0.1) is 22.0 Å². The number of benzene rings is 2. The van der Waals surface area contributed by atoms with Crippen LogP contribution in [0.5, 0.6) is 0 Å². The van der Waals surface area contributed by atoms with Crippen LogP contribution in [0.1, 0.15) is 12.0 Å². The first-order valence-electron chi connectivity index (χ1n) is 7.67. The van der Waals surface area contributed by atoms with Gasteiger partial charge in [-0.05, 0) is 42.8 Å². The van der Waals surface area contributed by atoms with Gasteiger partial charge in [-0.25, -0.2) is 8.42 Å². The molecule has 2 N–H and O–H groups in total. The van der Waals surface area contributed by atoms with Crippen LogP contribution in [0.25, 0.3) is 0 Å². The largest absolute Gasteiger partial charge is 0.324 e. The van der Waals surface area contributed by atoms with E-state index >= 15 is 0 Å². The molecule has 0 radical (unpaired) electrons. The third-order valence-corrected chi connectivity index (χ3v) is 6.23. The molecule has 0 bridgehead atoms. The van der Waals surface area contributed by atoms with E-state index in [0.717, 1.165) is 9.87 Å². The van der Waals surface area contributed by atoms with Crippen molar-refractivity contribution in [3.63, 3.8) is 0 Å². The van der Waals surface area contributed by atoms with E-state index in [-0.39, 0.29) is 17.0 Å². The minimum absolute atomic E-state index is 0.0214. The van der Waals surface area contributed by atoms with E-state index in [9.17, 15) is 18.0 Å². The van der Waals surface area contributed by atoms with Crippen LogP contribution in [0.4, 0.5) is 17.1 Å². The lowest BCUT2D eigenvalue weighted by atomic mass is 10.2. The normalized spacial score (nSPS) is 14.1. The van der Waals surface area contributed by atoms with Gasteiger partial charge in [-0.15, -0.1) is 0 Å². The van der Waals surface area contributed by atoms with Crippen LogP contribution in [0.3, 0.4) is 0 Å². The molecule has 26 heavy (non-hydrogen) atoms. The lowest BCUT2D eigenvalue weighted by Crippen LogP contribution is -2.26. The second-order valence-corrected chi connectivity index (χ2v) is 8.26. The van der Waals surface area contributed by atoms with Gasteiger partial charge in [-0.2, -0.15) is 0 Å². The molecule has 2 aromatic rings. The number of hydrogen-bond donors (Lipinski definition) is 2. The van der Waals surface area contributed by atoms with Gasteiger partial charge in [0, 0.05) is 12.1 Å². The van der Waals surface area contributed by atoms with E-state index in [2.05, 4.69) is 10.6 Å². The Morgan fingerprint density at radius 3 is 2.31 bits per heavy atom. The van der Waals surface area contributed by atoms with Gasteiger partial charge in [0.15, 0.2) is 0 Å². The van der Waals surface area contributed by atoms with Gasteiger partial charge in [0.25, 0.3) is 10.0 Å². The molecule has 0 aliphatic carbocycles. The topological polar surface area (TPSA) is 95.6 Å². The first-order valence-corrected chi connectivity index (χ1v) is 9.49.